The first kappa shape index (κ1) is 11.5. The molecule has 0 spiro atoms. The Morgan fingerprint density at radius 3 is 3.00 bits per heavy atom. The Morgan fingerprint density at radius 1 is 1.73 bits per heavy atom. The summed E-state index contributed by atoms with van der Waals surface area (Å²) in [5.74, 6) is 0.0597. The SMILES string of the molecule is COC(=O)C(CO)Nc1ncccc1C. The lowest BCUT2D eigenvalue weighted by molar-refractivity contribution is -0.142. The van der Waals surface area contributed by atoms with E-state index < -0.39 is 12.0 Å². The third kappa shape index (κ3) is 2.92. The van der Waals surface area contributed by atoms with Gasteiger partial charge in [-0.25, -0.2) is 9.78 Å². The van der Waals surface area contributed by atoms with Gasteiger partial charge in [0.05, 0.1) is 13.7 Å². The van der Waals surface area contributed by atoms with E-state index in [2.05, 4.69) is 15.0 Å². The number of hydrogen-bond acceptors (Lipinski definition) is 5. The highest BCUT2D eigenvalue weighted by molar-refractivity contribution is 5.79. The van der Waals surface area contributed by atoms with Crippen LogP contribution >= 0.6 is 0 Å². The number of carbonyl (C=O) groups is 1. The zero-order valence-electron chi connectivity index (χ0n) is 8.73. The summed E-state index contributed by atoms with van der Waals surface area (Å²) < 4.78 is 4.53. The molecule has 1 atom stereocenters. The first-order valence-corrected chi connectivity index (χ1v) is 4.56. The first-order valence-electron chi connectivity index (χ1n) is 4.56. The molecular formula is C10H14N2O3. The number of aryl methyl sites for hydroxylation is 1. The van der Waals surface area contributed by atoms with Crippen LogP contribution in [0.15, 0.2) is 18.3 Å². The van der Waals surface area contributed by atoms with Crippen molar-refractivity contribution in [1.29, 1.82) is 0 Å². The third-order valence-electron chi connectivity index (χ3n) is 1.99. The van der Waals surface area contributed by atoms with Gasteiger partial charge in [0.15, 0.2) is 0 Å². The molecule has 0 bridgehead atoms. The van der Waals surface area contributed by atoms with Crippen LogP contribution in [-0.2, 0) is 9.53 Å². The van der Waals surface area contributed by atoms with Crippen molar-refractivity contribution in [2.45, 2.75) is 13.0 Å². The van der Waals surface area contributed by atoms with Crippen LogP contribution in [0.3, 0.4) is 0 Å². The number of anilines is 1. The minimum Gasteiger partial charge on any atom is -0.467 e. The monoisotopic (exact) mass is 210 g/mol. The van der Waals surface area contributed by atoms with Gasteiger partial charge >= 0.3 is 5.97 Å². The molecule has 5 nitrogen and oxygen atoms in total. The lowest BCUT2D eigenvalue weighted by Crippen LogP contribution is -2.34. The summed E-state index contributed by atoms with van der Waals surface area (Å²) in [4.78, 5) is 15.2. The van der Waals surface area contributed by atoms with Crippen molar-refractivity contribution in [2.24, 2.45) is 0 Å². The van der Waals surface area contributed by atoms with Crippen molar-refractivity contribution >= 4 is 11.8 Å². The number of aliphatic hydroxyl groups excluding tert-OH is 1. The highest BCUT2D eigenvalue weighted by atomic mass is 16.5. The zero-order chi connectivity index (χ0) is 11.3. The lowest BCUT2D eigenvalue weighted by atomic mass is 10.2. The van der Waals surface area contributed by atoms with Gasteiger partial charge in [-0.2, -0.15) is 0 Å². The summed E-state index contributed by atoms with van der Waals surface area (Å²) >= 11 is 0. The molecule has 0 amide bonds. The summed E-state index contributed by atoms with van der Waals surface area (Å²) in [6, 6.07) is 2.89. The second-order valence-corrected chi connectivity index (χ2v) is 3.07. The van der Waals surface area contributed by atoms with E-state index >= 15 is 0 Å². The average Bonchev–Trinajstić information content (AvgIpc) is 2.27. The van der Waals surface area contributed by atoms with E-state index in [1.165, 1.54) is 7.11 Å². The fraction of sp³-hybridized carbons (Fsp3) is 0.400. The van der Waals surface area contributed by atoms with Crippen LogP contribution in [-0.4, -0.2) is 35.8 Å². The summed E-state index contributed by atoms with van der Waals surface area (Å²) in [6.07, 6.45) is 1.61. The van der Waals surface area contributed by atoms with E-state index in [-0.39, 0.29) is 6.61 Å². The van der Waals surface area contributed by atoms with Gasteiger partial charge in [-0.15, -0.1) is 0 Å². The van der Waals surface area contributed by atoms with Crippen LogP contribution in [0.5, 0.6) is 0 Å². The Bertz CT molecular complexity index is 341. The van der Waals surface area contributed by atoms with Crippen LogP contribution < -0.4 is 5.32 Å². The molecule has 1 aromatic heterocycles. The van der Waals surface area contributed by atoms with E-state index in [1.807, 2.05) is 13.0 Å². The number of pyridine rings is 1. The fourth-order valence-corrected chi connectivity index (χ4v) is 1.12. The van der Waals surface area contributed by atoms with Crippen LogP contribution in [0.1, 0.15) is 5.56 Å². The average molecular weight is 210 g/mol. The second-order valence-electron chi connectivity index (χ2n) is 3.07. The molecule has 15 heavy (non-hydrogen) atoms. The maximum absolute atomic E-state index is 11.2. The van der Waals surface area contributed by atoms with Crippen molar-refractivity contribution < 1.29 is 14.6 Å². The quantitative estimate of drug-likeness (QED) is 0.701. The van der Waals surface area contributed by atoms with Gasteiger partial charge in [-0.1, -0.05) is 6.07 Å². The number of methoxy groups -OCH3 is 1. The van der Waals surface area contributed by atoms with Crippen LogP contribution in [0.2, 0.25) is 0 Å². The van der Waals surface area contributed by atoms with Gasteiger partial charge in [-0.3, -0.25) is 0 Å². The molecule has 0 fully saturated rings. The van der Waals surface area contributed by atoms with Gasteiger partial charge in [-0.05, 0) is 18.6 Å². The predicted molar refractivity (Wildman–Crippen MR) is 55.5 cm³/mol. The molecule has 0 aliphatic heterocycles. The molecule has 0 aliphatic rings. The van der Waals surface area contributed by atoms with E-state index in [1.54, 1.807) is 12.3 Å². The molecule has 1 unspecified atom stereocenters. The molecule has 1 rings (SSSR count). The van der Waals surface area contributed by atoms with E-state index in [9.17, 15) is 4.79 Å². The number of esters is 1. The molecule has 82 valence electrons. The van der Waals surface area contributed by atoms with Crippen LogP contribution in [0.25, 0.3) is 0 Å². The highest BCUT2D eigenvalue weighted by Gasteiger charge is 2.18. The van der Waals surface area contributed by atoms with Crippen LogP contribution in [0, 0.1) is 6.92 Å². The fourth-order valence-electron chi connectivity index (χ4n) is 1.12. The number of aromatic nitrogens is 1. The predicted octanol–water partition coefficient (Wildman–Crippen LogP) is 0.336. The Hall–Kier alpha value is -1.62. The summed E-state index contributed by atoms with van der Waals surface area (Å²) in [5.41, 5.74) is 0.903. The number of aliphatic hydroxyl groups is 1. The standard InChI is InChI=1S/C10H14N2O3/c1-7-4-3-5-11-9(7)12-8(6-13)10(14)15-2/h3-5,8,13H,6H2,1-2H3,(H,11,12). The van der Waals surface area contributed by atoms with Crippen molar-refractivity contribution in [1.82, 2.24) is 4.98 Å². The topological polar surface area (TPSA) is 71.5 Å². The zero-order valence-corrected chi connectivity index (χ0v) is 8.73. The Kier molecular flexibility index (Phi) is 4.05. The third-order valence-corrected chi connectivity index (χ3v) is 1.99. The molecule has 0 aliphatic carbocycles. The van der Waals surface area contributed by atoms with Crippen molar-refractivity contribution in [2.75, 3.05) is 19.0 Å². The van der Waals surface area contributed by atoms with E-state index in [0.29, 0.717) is 5.82 Å². The van der Waals surface area contributed by atoms with Gasteiger partial charge in [0.2, 0.25) is 0 Å². The van der Waals surface area contributed by atoms with Crippen LogP contribution in [0.4, 0.5) is 5.82 Å². The highest BCUT2D eigenvalue weighted by Crippen LogP contribution is 2.10. The van der Waals surface area contributed by atoms with Gasteiger partial charge in [0.25, 0.3) is 0 Å². The molecular weight excluding hydrogens is 196 g/mol. The van der Waals surface area contributed by atoms with Gasteiger partial charge in [0.1, 0.15) is 11.9 Å². The lowest BCUT2D eigenvalue weighted by Gasteiger charge is -2.15. The summed E-state index contributed by atoms with van der Waals surface area (Å²) in [6.45, 7) is 1.53. The molecule has 5 heteroatoms. The molecule has 1 heterocycles. The Morgan fingerprint density at radius 2 is 2.47 bits per heavy atom. The van der Waals surface area contributed by atoms with Crippen molar-refractivity contribution in [3.05, 3.63) is 23.9 Å². The largest absolute Gasteiger partial charge is 0.467 e. The maximum Gasteiger partial charge on any atom is 0.330 e. The van der Waals surface area contributed by atoms with Gasteiger partial charge < -0.3 is 15.2 Å². The van der Waals surface area contributed by atoms with Gasteiger partial charge in [0, 0.05) is 6.20 Å². The molecule has 0 aromatic carbocycles. The number of rotatable bonds is 4. The summed E-state index contributed by atoms with van der Waals surface area (Å²) in [7, 11) is 1.28. The minimum absolute atomic E-state index is 0.331. The number of nitrogens with one attached hydrogen (secondary N) is 1. The molecule has 1 aromatic rings. The normalized spacial score (nSPS) is 11.9. The number of nitrogens with zero attached hydrogens (tertiary/aromatic N) is 1. The van der Waals surface area contributed by atoms with E-state index in [0.717, 1.165) is 5.56 Å². The maximum atomic E-state index is 11.2. The smallest absolute Gasteiger partial charge is 0.330 e. The van der Waals surface area contributed by atoms with Crippen molar-refractivity contribution in [3.8, 4) is 0 Å². The summed E-state index contributed by atoms with van der Waals surface area (Å²) in [5, 5.41) is 11.8. The number of ether oxygens (including phenoxy) is 1. The Labute approximate surface area is 88.1 Å². The molecule has 0 saturated heterocycles. The Balaban J connectivity index is 2.75. The molecule has 0 radical (unpaired) electrons. The first-order chi connectivity index (χ1) is 7.19. The second kappa shape index (κ2) is 5.31. The number of hydrogen-bond donors (Lipinski definition) is 2. The molecule has 2 N–H and O–H groups in total. The van der Waals surface area contributed by atoms with Crippen molar-refractivity contribution in [3.63, 3.8) is 0 Å². The minimum atomic E-state index is -0.774. The number of carbonyl (C=O) groups excluding carboxylic acids is 1. The van der Waals surface area contributed by atoms with E-state index in [4.69, 9.17) is 5.11 Å². The molecule has 0 saturated carbocycles.